The topological polar surface area (TPSA) is 310 Å². The second-order valence-corrected chi connectivity index (χ2v) is 22.0. The highest BCUT2D eigenvalue weighted by Crippen LogP contribution is 2.20. The number of cyclic esters (lactones) is 1. The van der Waals surface area contributed by atoms with E-state index in [4.69, 9.17) is 10.5 Å². The third-order valence-electron chi connectivity index (χ3n) is 13.9. The van der Waals surface area contributed by atoms with Crippen LogP contribution in [0.4, 0.5) is 0 Å². The van der Waals surface area contributed by atoms with E-state index < -0.39 is 138 Å². The Morgan fingerprint density at radius 3 is 1.36 bits per heavy atom. The molecule has 1 heterocycles. The minimum atomic E-state index is -1.72. The fourth-order valence-corrected chi connectivity index (χ4v) is 8.68. The molecule has 20 heteroatoms. The number of ether oxygens (including phenoxy) is 1. The maximum Gasteiger partial charge on any atom is 0.329 e. The fraction of sp³-hybridized carbons (Fsp3) is 0.815. The summed E-state index contributed by atoms with van der Waals surface area (Å²) in [4.78, 5) is 138. The Hall–Kier alpha value is -5.30. The molecule has 0 spiro atoms. The summed E-state index contributed by atoms with van der Waals surface area (Å²) in [6.45, 7) is 22.1. The van der Waals surface area contributed by atoms with E-state index in [1.165, 1.54) is 6.42 Å². The van der Waals surface area contributed by atoms with Gasteiger partial charge in [-0.2, -0.15) is 0 Å². The molecule has 0 aromatic heterocycles. The predicted molar refractivity (Wildman–Crippen MR) is 282 cm³/mol. The van der Waals surface area contributed by atoms with Crippen molar-refractivity contribution in [3.05, 3.63) is 0 Å². The van der Waals surface area contributed by atoms with E-state index in [1.807, 2.05) is 20.8 Å². The first-order chi connectivity index (χ1) is 34.7. The molecule has 20 nitrogen and oxygen atoms in total. The van der Waals surface area contributed by atoms with Crippen molar-refractivity contribution in [2.75, 3.05) is 0 Å². The highest BCUT2D eigenvalue weighted by atomic mass is 16.5. The molecule has 0 aromatic carbocycles. The van der Waals surface area contributed by atoms with Gasteiger partial charge in [0, 0.05) is 6.42 Å². The minimum Gasteiger partial charge on any atom is -0.481 e. The molecule has 74 heavy (non-hydrogen) atoms. The number of hydrogen-bond acceptors (Lipinski definition) is 11. The van der Waals surface area contributed by atoms with Gasteiger partial charge in [0.15, 0.2) is 0 Å². The van der Waals surface area contributed by atoms with Gasteiger partial charge in [-0.25, -0.2) is 4.79 Å². The summed E-state index contributed by atoms with van der Waals surface area (Å²) in [5.74, 6) is -10.0. The van der Waals surface area contributed by atoms with Gasteiger partial charge in [0.2, 0.25) is 47.3 Å². The van der Waals surface area contributed by atoms with Gasteiger partial charge in [-0.3, -0.25) is 43.2 Å². The van der Waals surface area contributed by atoms with Crippen molar-refractivity contribution in [1.29, 1.82) is 0 Å². The van der Waals surface area contributed by atoms with Crippen molar-refractivity contribution in [2.45, 2.75) is 247 Å². The molecule has 1 aliphatic rings. The van der Waals surface area contributed by atoms with Crippen LogP contribution in [0.1, 0.15) is 199 Å². The number of unbranched alkanes of at least 4 members (excludes halogenated alkanes) is 6. The Labute approximate surface area is 441 Å². The van der Waals surface area contributed by atoms with Crippen LogP contribution in [-0.4, -0.2) is 113 Å². The van der Waals surface area contributed by atoms with Gasteiger partial charge in [-0.05, 0) is 67.6 Å². The lowest BCUT2D eigenvalue weighted by molar-refractivity contribution is -0.156. The number of carboxylic acid groups (broad SMARTS) is 1. The molecule has 1 fully saturated rings. The minimum absolute atomic E-state index is 0.0466. The molecular weight excluding hydrogens is 953 g/mol. The lowest BCUT2D eigenvalue weighted by Gasteiger charge is -2.31. The molecule has 11 atom stereocenters. The van der Waals surface area contributed by atoms with Gasteiger partial charge in [0.1, 0.15) is 48.4 Å². The second kappa shape index (κ2) is 35.0. The number of amides is 8. The van der Waals surface area contributed by atoms with Crippen LogP contribution < -0.4 is 43.0 Å². The van der Waals surface area contributed by atoms with Crippen molar-refractivity contribution in [3.63, 3.8) is 0 Å². The standard InChI is InChI=1S/C54H96N8O12/c1-13-34(10)45-52(71)58-40(28-33(8)9)50(69)61-46(35(11)14-2)53(72)59-41(30-44(65)66)49(68)57-39(27-32(6)7)51(70)62-47(36(12)15-3)54(73)74-37(24-22-20-18-16-17-19-21-23-31(4)5)29-43(64)56-38(48(67)60-45)25-26-42(55)63/h31-41,45-47H,13-30H2,1-12H3,(H2,55,63)(H,56,64)(H,57,68)(H,58,71)(H,59,72)(H,60,67)(H,61,69)(H,62,70)(H,65,66)/t34-,35-,36-,37+,38-,39-,40+,41-,45-,46-,47-/m0/s1. The lowest BCUT2D eigenvalue weighted by Crippen LogP contribution is -2.61. The SMILES string of the molecule is CC[C@H](C)[C@@H]1NC(=O)[C@H](CCC(N)=O)NC(=O)C[C@@H](CCCCCCCCCC(C)C)OC(=O)[C@H]([C@@H](C)CC)NC(=O)[C@H](CC(C)C)NC(=O)[C@H](CC(=O)O)NC(=O)[C@H]([C@@H](C)CC)NC(=O)[C@@H](CC(C)C)NC1=O. The molecule has 424 valence electrons. The number of carboxylic acids is 1. The number of esters is 1. The second-order valence-electron chi connectivity index (χ2n) is 22.0. The van der Waals surface area contributed by atoms with Crippen LogP contribution in [0.25, 0.3) is 0 Å². The van der Waals surface area contributed by atoms with Gasteiger partial charge in [-0.15, -0.1) is 0 Å². The normalized spacial score (nSPS) is 25.0. The van der Waals surface area contributed by atoms with Crippen LogP contribution in [0.2, 0.25) is 0 Å². The number of carbonyl (C=O) groups excluding carboxylic acids is 9. The average Bonchev–Trinajstić information content (AvgIpc) is 3.31. The monoisotopic (exact) mass is 1050 g/mol. The summed E-state index contributed by atoms with van der Waals surface area (Å²) in [5, 5.41) is 28.7. The van der Waals surface area contributed by atoms with Gasteiger partial charge >= 0.3 is 11.9 Å². The van der Waals surface area contributed by atoms with Crippen molar-refractivity contribution >= 4 is 59.2 Å². The maximum atomic E-state index is 14.3. The van der Waals surface area contributed by atoms with E-state index in [-0.39, 0.29) is 43.9 Å². The molecule has 0 radical (unpaired) electrons. The van der Waals surface area contributed by atoms with Crippen LogP contribution in [-0.2, 0) is 52.7 Å². The van der Waals surface area contributed by atoms with Crippen LogP contribution in [0.15, 0.2) is 0 Å². The van der Waals surface area contributed by atoms with Crippen molar-refractivity contribution in [3.8, 4) is 0 Å². The quantitative estimate of drug-likeness (QED) is 0.0439. The molecule has 8 amide bonds. The first-order valence-corrected chi connectivity index (χ1v) is 27.6. The van der Waals surface area contributed by atoms with Crippen molar-refractivity contribution in [2.24, 2.45) is 41.2 Å². The van der Waals surface area contributed by atoms with Crippen molar-refractivity contribution in [1.82, 2.24) is 37.2 Å². The van der Waals surface area contributed by atoms with E-state index in [1.54, 1.807) is 48.5 Å². The number of nitrogens with two attached hydrogens (primary N) is 1. The van der Waals surface area contributed by atoms with Crippen LogP contribution in [0, 0.1) is 35.5 Å². The molecule has 0 bridgehead atoms. The number of primary amides is 1. The summed E-state index contributed by atoms with van der Waals surface area (Å²) < 4.78 is 6.09. The molecule has 1 saturated heterocycles. The highest BCUT2D eigenvalue weighted by molar-refractivity contribution is 5.98. The van der Waals surface area contributed by atoms with E-state index in [9.17, 15) is 53.1 Å². The summed E-state index contributed by atoms with van der Waals surface area (Å²) in [6.07, 6.45) is 6.52. The van der Waals surface area contributed by atoms with Gasteiger partial charge in [0.05, 0.1) is 12.8 Å². The third kappa shape index (κ3) is 25.8. The largest absolute Gasteiger partial charge is 0.481 e. The number of carbonyl (C=O) groups is 10. The van der Waals surface area contributed by atoms with Crippen LogP contribution in [0.3, 0.4) is 0 Å². The Morgan fingerprint density at radius 2 is 0.919 bits per heavy atom. The Morgan fingerprint density at radius 1 is 0.514 bits per heavy atom. The molecule has 10 N–H and O–H groups in total. The molecule has 0 saturated carbocycles. The summed E-state index contributed by atoms with van der Waals surface area (Å²) in [6, 6.07) is -9.50. The summed E-state index contributed by atoms with van der Waals surface area (Å²) in [7, 11) is 0. The Bertz CT molecular complexity index is 1830. The van der Waals surface area contributed by atoms with Crippen LogP contribution >= 0.6 is 0 Å². The zero-order chi connectivity index (χ0) is 56.2. The first kappa shape index (κ1) is 66.7. The molecular formula is C54H96N8O12. The first-order valence-electron chi connectivity index (χ1n) is 27.6. The highest BCUT2D eigenvalue weighted by Gasteiger charge is 2.38. The number of rotatable bonds is 25. The van der Waals surface area contributed by atoms with Crippen LogP contribution in [0.5, 0.6) is 0 Å². The summed E-state index contributed by atoms with van der Waals surface area (Å²) in [5.41, 5.74) is 5.51. The molecule has 1 rings (SSSR count). The van der Waals surface area contributed by atoms with Gasteiger partial charge < -0.3 is 52.8 Å². The Kier molecular flexibility index (Phi) is 31.6. The number of aliphatic carboxylic acids is 1. The maximum absolute atomic E-state index is 14.3. The third-order valence-corrected chi connectivity index (χ3v) is 13.9. The average molecular weight is 1050 g/mol. The van der Waals surface area contributed by atoms with E-state index in [0.29, 0.717) is 31.6 Å². The molecule has 0 aliphatic carbocycles. The molecule has 0 aromatic rings. The molecule has 1 aliphatic heterocycles. The predicted octanol–water partition coefficient (Wildman–Crippen LogP) is 4.83. The zero-order valence-electron chi connectivity index (χ0n) is 46.8. The summed E-state index contributed by atoms with van der Waals surface area (Å²) >= 11 is 0. The van der Waals surface area contributed by atoms with Gasteiger partial charge in [-0.1, -0.05) is 147 Å². The lowest BCUT2D eigenvalue weighted by atomic mass is 9.95. The smallest absolute Gasteiger partial charge is 0.329 e. The molecule has 0 unspecified atom stereocenters. The van der Waals surface area contributed by atoms with E-state index in [2.05, 4.69) is 51.1 Å². The zero-order valence-corrected chi connectivity index (χ0v) is 46.8. The number of hydrogen-bond donors (Lipinski definition) is 9. The van der Waals surface area contributed by atoms with E-state index in [0.717, 1.165) is 38.5 Å². The van der Waals surface area contributed by atoms with Gasteiger partial charge in [0.25, 0.3) is 0 Å². The number of nitrogens with one attached hydrogen (secondary N) is 7. The van der Waals surface area contributed by atoms with Crippen molar-refractivity contribution < 1.29 is 57.8 Å². The Balaban J connectivity index is 4.01. The fourth-order valence-electron chi connectivity index (χ4n) is 8.68. The van der Waals surface area contributed by atoms with E-state index >= 15 is 0 Å².